The van der Waals surface area contributed by atoms with Crippen LogP contribution in [0.25, 0.3) is 0 Å². The third-order valence-electron chi connectivity index (χ3n) is 3.05. The normalized spacial score (nSPS) is 18.1. The molecule has 4 heteroatoms. The number of rotatable bonds is 2. The molecule has 1 aliphatic rings. The van der Waals surface area contributed by atoms with Gasteiger partial charge in [0.25, 0.3) is 0 Å². The van der Waals surface area contributed by atoms with Gasteiger partial charge in [0.1, 0.15) is 12.1 Å². The summed E-state index contributed by atoms with van der Waals surface area (Å²) in [5, 5.41) is 9.46. The van der Waals surface area contributed by atoms with E-state index in [-0.39, 0.29) is 6.10 Å². The number of anilines is 1. The van der Waals surface area contributed by atoms with E-state index in [4.69, 9.17) is 0 Å². The zero-order valence-electron chi connectivity index (χ0n) is 9.93. The number of hydrogen-bond donors (Lipinski definition) is 1. The molecule has 0 aliphatic carbocycles. The van der Waals surface area contributed by atoms with Gasteiger partial charge >= 0.3 is 0 Å². The van der Waals surface area contributed by atoms with Crippen molar-refractivity contribution in [3.8, 4) is 0 Å². The molecule has 0 aromatic carbocycles. The average Bonchev–Trinajstić information content (AvgIpc) is 2.30. The third-order valence-corrected chi connectivity index (χ3v) is 3.05. The molecule has 1 N–H and O–H groups in total. The Morgan fingerprint density at radius 3 is 2.62 bits per heavy atom. The first-order valence-electron chi connectivity index (χ1n) is 5.92. The van der Waals surface area contributed by atoms with E-state index >= 15 is 0 Å². The largest absolute Gasteiger partial charge is 0.393 e. The molecule has 1 aromatic rings. The van der Waals surface area contributed by atoms with Crippen LogP contribution in [-0.2, 0) is 0 Å². The molecule has 0 bridgehead atoms. The minimum absolute atomic E-state index is 0.136. The number of aliphatic hydroxyl groups is 1. The summed E-state index contributed by atoms with van der Waals surface area (Å²) < 4.78 is 0. The Morgan fingerprint density at radius 1 is 1.31 bits per heavy atom. The van der Waals surface area contributed by atoms with E-state index in [9.17, 15) is 5.11 Å². The van der Waals surface area contributed by atoms with E-state index in [0.29, 0.717) is 5.92 Å². The summed E-state index contributed by atoms with van der Waals surface area (Å²) in [6.45, 7) is 6.03. The molecule has 1 aromatic heterocycles. The van der Waals surface area contributed by atoms with Crippen LogP contribution in [0, 0.1) is 0 Å². The zero-order chi connectivity index (χ0) is 11.5. The van der Waals surface area contributed by atoms with Crippen LogP contribution < -0.4 is 4.90 Å². The smallest absolute Gasteiger partial charge is 0.132 e. The van der Waals surface area contributed by atoms with Crippen LogP contribution in [0.5, 0.6) is 0 Å². The molecule has 1 fully saturated rings. The Kier molecular flexibility index (Phi) is 3.39. The molecule has 4 nitrogen and oxygen atoms in total. The molecule has 0 radical (unpaired) electrons. The monoisotopic (exact) mass is 221 g/mol. The molecule has 2 heterocycles. The van der Waals surface area contributed by atoms with Crippen LogP contribution in [0.4, 0.5) is 5.82 Å². The van der Waals surface area contributed by atoms with Crippen molar-refractivity contribution in [1.82, 2.24) is 9.97 Å². The molecular formula is C12H19N3O. The molecule has 1 saturated heterocycles. The first-order valence-corrected chi connectivity index (χ1v) is 5.92. The highest BCUT2D eigenvalue weighted by molar-refractivity contribution is 5.39. The zero-order valence-corrected chi connectivity index (χ0v) is 9.93. The maximum Gasteiger partial charge on any atom is 0.132 e. The van der Waals surface area contributed by atoms with Gasteiger partial charge in [0.15, 0.2) is 0 Å². The lowest BCUT2D eigenvalue weighted by molar-refractivity contribution is 0.145. The molecule has 88 valence electrons. The Labute approximate surface area is 96.3 Å². The molecule has 0 atom stereocenters. The van der Waals surface area contributed by atoms with Gasteiger partial charge in [-0.1, -0.05) is 13.8 Å². The summed E-state index contributed by atoms with van der Waals surface area (Å²) in [5.74, 6) is 1.42. The summed E-state index contributed by atoms with van der Waals surface area (Å²) in [5.41, 5.74) is 1.08. The van der Waals surface area contributed by atoms with Crippen LogP contribution in [0.3, 0.4) is 0 Å². The second-order valence-electron chi connectivity index (χ2n) is 4.67. The van der Waals surface area contributed by atoms with Crippen molar-refractivity contribution in [2.75, 3.05) is 18.0 Å². The van der Waals surface area contributed by atoms with Crippen molar-refractivity contribution in [2.45, 2.75) is 38.7 Å². The van der Waals surface area contributed by atoms with Gasteiger partial charge in [0, 0.05) is 24.8 Å². The topological polar surface area (TPSA) is 49.2 Å². The van der Waals surface area contributed by atoms with Crippen LogP contribution in [0.15, 0.2) is 12.4 Å². The molecule has 16 heavy (non-hydrogen) atoms. The van der Waals surface area contributed by atoms with Crippen molar-refractivity contribution in [3.63, 3.8) is 0 Å². The summed E-state index contributed by atoms with van der Waals surface area (Å²) in [4.78, 5) is 10.8. The Morgan fingerprint density at radius 2 is 2.00 bits per heavy atom. The molecule has 0 amide bonds. The number of piperidine rings is 1. The fourth-order valence-corrected chi connectivity index (χ4v) is 1.95. The van der Waals surface area contributed by atoms with Gasteiger partial charge in [-0.05, 0) is 18.8 Å². The van der Waals surface area contributed by atoms with Gasteiger partial charge in [-0.15, -0.1) is 0 Å². The second kappa shape index (κ2) is 4.78. The van der Waals surface area contributed by atoms with E-state index in [1.165, 1.54) is 0 Å². The van der Waals surface area contributed by atoms with Crippen LogP contribution in [-0.4, -0.2) is 34.3 Å². The van der Waals surface area contributed by atoms with E-state index < -0.39 is 0 Å². The van der Waals surface area contributed by atoms with Gasteiger partial charge in [-0.2, -0.15) is 0 Å². The SMILES string of the molecule is CC(C)c1cc(N2CCC(O)CC2)ncn1. The first-order chi connectivity index (χ1) is 7.66. The lowest BCUT2D eigenvalue weighted by Crippen LogP contribution is -2.36. The number of hydrogen-bond acceptors (Lipinski definition) is 4. The van der Waals surface area contributed by atoms with Gasteiger partial charge in [0.2, 0.25) is 0 Å². The highest BCUT2D eigenvalue weighted by Crippen LogP contribution is 2.20. The maximum atomic E-state index is 9.46. The molecule has 0 spiro atoms. The van der Waals surface area contributed by atoms with Crippen molar-refractivity contribution < 1.29 is 5.11 Å². The summed E-state index contributed by atoms with van der Waals surface area (Å²) in [7, 11) is 0. The van der Waals surface area contributed by atoms with E-state index in [2.05, 4.69) is 34.8 Å². The minimum Gasteiger partial charge on any atom is -0.393 e. The van der Waals surface area contributed by atoms with E-state index in [1.807, 2.05) is 0 Å². The molecule has 0 saturated carbocycles. The van der Waals surface area contributed by atoms with Crippen molar-refractivity contribution in [3.05, 3.63) is 18.1 Å². The minimum atomic E-state index is -0.136. The molecular weight excluding hydrogens is 202 g/mol. The Hall–Kier alpha value is -1.16. The average molecular weight is 221 g/mol. The summed E-state index contributed by atoms with van der Waals surface area (Å²) >= 11 is 0. The van der Waals surface area contributed by atoms with Gasteiger partial charge in [-0.3, -0.25) is 0 Å². The maximum absolute atomic E-state index is 9.46. The van der Waals surface area contributed by atoms with E-state index in [0.717, 1.165) is 37.4 Å². The number of nitrogens with zero attached hydrogens (tertiary/aromatic N) is 3. The third kappa shape index (κ3) is 2.50. The Balaban J connectivity index is 2.11. The van der Waals surface area contributed by atoms with Crippen molar-refractivity contribution in [2.24, 2.45) is 0 Å². The fourth-order valence-electron chi connectivity index (χ4n) is 1.95. The number of aliphatic hydroxyl groups excluding tert-OH is 1. The first kappa shape index (κ1) is 11.3. The lowest BCUT2D eigenvalue weighted by Gasteiger charge is -2.30. The summed E-state index contributed by atoms with van der Waals surface area (Å²) in [6, 6.07) is 2.06. The lowest BCUT2D eigenvalue weighted by atomic mass is 10.1. The van der Waals surface area contributed by atoms with Crippen LogP contribution in [0.2, 0.25) is 0 Å². The van der Waals surface area contributed by atoms with Crippen LogP contribution in [0.1, 0.15) is 38.3 Å². The second-order valence-corrected chi connectivity index (χ2v) is 4.67. The predicted molar refractivity (Wildman–Crippen MR) is 63.6 cm³/mol. The van der Waals surface area contributed by atoms with Gasteiger partial charge in [0.05, 0.1) is 6.10 Å². The van der Waals surface area contributed by atoms with Crippen LogP contribution >= 0.6 is 0 Å². The predicted octanol–water partition coefficient (Wildman–Crippen LogP) is 1.56. The fraction of sp³-hybridized carbons (Fsp3) is 0.667. The van der Waals surface area contributed by atoms with Crippen molar-refractivity contribution in [1.29, 1.82) is 0 Å². The van der Waals surface area contributed by atoms with Gasteiger partial charge in [-0.25, -0.2) is 9.97 Å². The number of aromatic nitrogens is 2. The highest BCUT2D eigenvalue weighted by Gasteiger charge is 2.18. The quantitative estimate of drug-likeness (QED) is 0.823. The highest BCUT2D eigenvalue weighted by atomic mass is 16.3. The Bertz CT molecular complexity index is 346. The molecule has 1 aliphatic heterocycles. The molecule has 2 rings (SSSR count). The standard InChI is InChI=1S/C12H19N3O/c1-9(2)11-7-12(14-8-13-11)15-5-3-10(16)4-6-15/h7-10,16H,3-6H2,1-2H3. The molecule has 0 unspecified atom stereocenters. The van der Waals surface area contributed by atoms with Gasteiger partial charge < -0.3 is 10.0 Å². The summed E-state index contributed by atoms with van der Waals surface area (Å²) in [6.07, 6.45) is 3.17. The van der Waals surface area contributed by atoms with E-state index in [1.54, 1.807) is 6.33 Å². The van der Waals surface area contributed by atoms with Crippen molar-refractivity contribution >= 4 is 5.82 Å².